The molecule has 2 amide bonds. The van der Waals surface area contributed by atoms with Crippen LogP contribution in [-0.2, 0) is 16.0 Å². The summed E-state index contributed by atoms with van der Waals surface area (Å²) in [4.78, 5) is 29.0. The third-order valence-electron chi connectivity index (χ3n) is 6.17. The zero-order chi connectivity index (χ0) is 23.5. The maximum Gasteiger partial charge on any atom is 0.227 e. The Morgan fingerprint density at radius 3 is 2.18 bits per heavy atom. The maximum atomic E-state index is 12.7. The van der Waals surface area contributed by atoms with Crippen molar-refractivity contribution < 1.29 is 14.3 Å². The Kier molecular flexibility index (Phi) is 9.60. The summed E-state index contributed by atoms with van der Waals surface area (Å²) in [5.41, 5.74) is 2.96. The van der Waals surface area contributed by atoms with Crippen LogP contribution in [0.25, 0.3) is 0 Å². The molecule has 0 aliphatic carbocycles. The van der Waals surface area contributed by atoms with Crippen molar-refractivity contribution in [3.8, 4) is 5.75 Å². The fourth-order valence-corrected chi connectivity index (χ4v) is 4.11. The van der Waals surface area contributed by atoms with Crippen LogP contribution >= 0.6 is 0 Å². The van der Waals surface area contributed by atoms with E-state index in [2.05, 4.69) is 17.1 Å². The average molecular weight is 452 g/mol. The molecule has 0 radical (unpaired) electrons. The highest BCUT2D eigenvalue weighted by Crippen LogP contribution is 2.20. The smallest absolute Gasteiger partial charge is 0.227 e. The van der Waals surface area contributed by atoms with Gasteiger partial charge in [0.1, 0.15) is 5.75 Å². The second kappa shape index (κ2) is 12.9. The van der Waals surface area contributed by atoms with Crippen LogP contribution in [0.4, 0.5) is 11.4 Å². The first-order valence-corrected chi connectivity index (χ1v) is 12.1. The molecule has 0 aromatic heterocycles. The Morgan fingerprint density at radius 1 is 0.879 bits per heavy atom. The lowest BCUT2D eigenvalue weighted by Crippen LogP contribution is -2.49. The lowest BCUT2D eigenvalue weighted by molar-refractivity contribution is -0.130. The van der Waals surface area contributed by atoms with Gasteiger partial charge in [0, 0.05) is 44.0 Å². The van der Waals surface area contributed by atoms with E-state index in [0.717, 1.165) is 48.6 Å². The second-order valence-corrected chi connectivity index (χ2v) is 8.65. The SMILES string of the molecule is CCCCCCCC(=O)Nc1ccc(N2CCN(C(=O)Cc3ccc(OC)cc3)CC2)cc1. The van der Waals surface area contributed by atoms with Crippen molar-refractivity contribution >= 4 is 23.2 Å². The number of unbranched alkanes of at least 4 members (excludes halogenated alkanes) is 4. The molecule has 0 spiro atoms. The van der Waals surface area contributed by atoms with Gasteiger partial charge in [-0.05, 0) is 48.4 Å². The molecule has 1 N–H and O–H groups in total. The third-order valence-corrected chi connectivity index (χ3v) is 6.17. The number of nitrogens with zero attached hydrogens (tertiary/aromatic N) is 2. The second-order valence-electron chi connectivity index (χ2n) is 8.65. The summed E-state index contributed by atoms with van der Waals surface area (Å²) >= 11 is 0. The molecular weight excluding hydrogens is 414 g/mol. The Morgan fingerprint density at radius 2 is 1.55 bits per heavy atom. The molecule has 1 fully saturated rings. The number of rotatable bonds is 11. The zero-order valence-corrected chi connectivity index (χ0v) is 20.0. The highest BCUT2D eigenvalue weighted by molar-refractivity contribution is 5.90. The van der Waals surface area contributed by atoms with E-state index < -0.39 is 0 Å². The van der Waals surface area contributed by atoms with Gasteiger partial charge in [0.25, 0.3) is 0 Å². The van der Waals surface area contributed by atoms with Gasteiger partial charge in [-0.15, -0.1) is 0 Å². The zero-order valence-electron chi connectivity index (χ0n) is 20.0. The minimum atomic E-state index is 0.0863. The van der Waals surface area contributed by atoms with Gasteiger partial charge in [-0.25, -0.2) is 0 Å². The van der Waals surface area contributed by atoms with Crippen LogP contribution in [-0.4, -0.2) is 50.0 Å². The van der Waals surface area contributed by atoms with Crippen molar-refractivity contribution in [2.75, 3.05) is 43.5 Å². The predicted molar refractivity (Wildman–Crippen MR) is 134 cm³/mol. The normalized spacial score (nSPS) is 13.6. The van der Waals surface area contributed by atoms with Gasteiger partial charge >= 0.3 is 0 Å². The first kappa shape index (κ1) is 24.6. The minimum absolute atomic E-state index is 0.0863. The summed E-state index contributed by atoms with van der Waals surface area (Å²) in [5, 5.41) is 3.00. The first-order valence-electron chi connectivity index (χ1n) is 12.1. The van der Waals surface area contributed by atoms with Crippen LogP contribution in [0.15, 0.2) is 48.5 Å². The molecule has 2 aromatic carbocycles. The van der Waals surface area contributed by atoms with Crippen molar-refractivity contribution in [1.29, 1.82) is 0 Å². The topological polar surface area (TPSA) is 61.9 Å². The van der Waals surface area contributed by atoms with Crippen molar-refractivity contribution in [3.63, 3.8) is 0 Å². The summed E-state index contributed by atoms with van der Waals surface area (Å²) in [6, 6.07) is 15.7. The lowest BCUT2D eigenvalue weighted by atomic mass is 10.1. The van der Waals surface area contributed by atoms with Crippen LogP contribution in [0.1, 0.15) is 51.0 Å². The standard InChI is InChI=1S/C27H37N3O3/c1-3-4-5-6-7-8-26(31)28-23-11-13-24(14-12-23)29-17-19-30(20-18-29)27(32)21-22-9-15-25(33-2)16-10-22/h9-16H,3-8,17-21H2,1-2H3,(H,28,31). The number of benzene rings is 2. The quantitative estimate of drug-likeness (QED) is 0.495. The van der Waals surface area contributed by atoms with Gasteiger partial charge in [0.15, 0.2) is 0 Å². The molecule has 1 aliphatic heterocycles. The van der Waals surface area contributed by atoms with E-state index >= 15 is 0 Å². The van der Waals surface area contributed by atoms with Gasteiger partial charge in [-0.3, -0.25) is 9.59 Å². The summed E-state index contributed by atoms with van der Waals surface area (Å²) in [5.74, 6) is 1.05. The Bertz CT molecular complexity index is 872. The highest BCUT2D eigenvalue weighted by atomic mass is 16.5. The van der Waals surface area contributed by atoms with Crippen molar-refractivity contribution in [1.82, 2.24) is 4.90 Å². The molecule has 33 heavy (non-hydrogen) atoms. The van der Waals surface area contributed by atoms with E-state index in [1.54, 1.807) is 7.11 Å². The number of methoxy groups -OCH3 is 1. The molecule has 6 nitrogen and oxygen atoms in total. The van der Waals surface area contributed by atoms with Gasteiger partial charge in [-0.1, -0.05) is 44.7 Å². The first-order chi connectivity index (χ1) is 16.1. The predicted octanol–water partition coefficient (Wildman–Crippen LogP) is 4.89. The molecule has 0 saturated carbocycles. The molecule has 1 aliphatic rings. The molecule has 178 valence electrons. The largest absolute Gasteiger partial charge is 0.497 e. The minimum Gasteiger partial charge on any atom is -0.497 e. The molecule has 0 atom stereocenters. The number of anilines is 2. The van der Waals surface area contributed by atoms with Crippen molar-refractivity contribution in [2.24, 2.45) is 0 Å². The number of carbonyl (C=O) groups excluding carboxylic acids is 2. The maximum absolute atomic E-state index is 12.7. The fraction of sp³-hybridized carbons (Fsp3) is 0.481. The van der Waals surface area contributed by atoms with Crippen LogP contribution < -0.4 is 15.0 Å². The summed E-state index contributed by atoms with van der Waals surface area (Å²) < 4.78 is 5.18. The fourth-order valence-electron chi connectivity index (χ4n) is 4.11. The van der Waals surface area contributed by atoms with E-state index in [4.69, 9.17) is 4.74 Å². The van der Waals surface area contributed by atoms with Crippen LogP contribution in [0.5, 0.6) is 5.75 Å². The number of nitrogens with one attached hydrogen (secondary N) is 1. The monoisotopic (exact) mass is 451 g/mol. The van der Waals surface area contributed by atoms with Gasteiger partial charge in [-0.2, -0.15) is 0 Å². The Balaban J connectivity index is 1.41. The van der Waals surface area contributed by atoms with Crippen molar-refractivity contribution in [2.45, 2.75) is 51.9 Å². The molecule has 0 bridgehead atoms. The summed E-state index contributed by atoms with van der Waals surface area (Å²) in [6.07, 6.45) is 6.73. The van der Waals surface area contributed by atoms with Gasteiger partial charge < -0.3 is 19.9 Å². The van der Waals surface area contributed by atoms with Crippen LogP contribution in [0, 0.1) is 0 Å². The molecule has 6 heteroatoms. The van der Waals surface area contributed by atoms with E-state index in [1.807, 2.05) is 53.4 Å². The number of hydrogen-bond donors (Lipinski definition) is 1. The van der Waals surface area contributed by atoms with Gasteiger partial charge in [0.2, 0.25) is 11.8 Å². The third kappa shape index (κ3) is 7.81. The van der Waals surface area contributed by atoms with E-state index in [-0.39, 0.29) is 11.8 Å². The van der Waals surface area contributed by atoms with Crippen LogP contribution in [0.2, 0.25) is 0 Å². The van der Waals surface area contributed by atoms with Crippen molar-refractivity contribution in [3.05, 3.63) is 54.1 Å². The number of carbonyl (C=O) groups is 2. The number of ether oxygens (including phenoxy) is 1. The van der Waals surface area contributed by atoms with Gasteiger partial charge in [0.05, 0.1) is 13.5 Å². The number of piperazine rings is 1. The molecule has 3 rings (SSSR count). The Labute approximate surface area is 197 Å². The number of amides is 2. The molecule has 0 unspecified atom stereocenters. The molecule has 1 saturated heterocycles. The van der Waals surface area contributed by atoms with Crippen LogP contribution in [0.3, 0.4) is 0 Å². The summed E-state index contributed by atoms with van der Waals surface area (Å²) in [6.45, 7) is 5.23. The van der Waals surface area contributed by atoms with E-state index in [1.165, 1.54) is 19.3 Å². The van der Waals surface area contributed by atoms with E-state index in [0.29, 0.717) is 25.9 Å². The van der Waals surface area contributed by atoms with E-state index in [9.17, 15) is 9.59 Å². The average Bonchev–Trinajstić information content (AvgIpc) is 2.85. The molecule has 2 aromatic rings. The Hall–Kier alpha value is -3.02. The highest BCUT2D eigenvalue weighted by Gasteiger charge is 2.21. The lowest BCUT2D eigenvalue weighted by Gasteiger charge is -2.36. The number of hydrogen-bond acceptors (Lipinski definition) is 4. The molecular formula is C27H37N3O3. The molecule has 1 heterocycles. The summed E-state index contributed by atoms with van der Waals surface area (Å²) in [7, 11) is 1.64.